The van der Waals surface area contributed by atoms with E-state index in [9.17, 15) is 8.78 Å². The molecule has 1 N–H and O–H groups in total. The number of para-hydroxylation sites is 2. The van der Waals surface area contributed by atoms with Gasteiger partial charge in [-0.05, 0) is 36.8 Å². The molecule has 0 fully saturated rings. The minimum Gasteiger partial charge on any atom is -0.433 e. The van der Waals surface area contributed by atoms with Crippen molar-refractivity contribution in [3.8, 4) is 5.75 Å². The van der Waals surface area contributed by atoms with Crippen LogP contribution in [0.3, 0.4) is 0 Å². The summed E-state index contributed by atoms with van der Waals surface area (Å²) in [5, 5.41) is 3.68. The second-order valence-corrected chi connectivity index (χ2v) is 5.52. The van der Waals surface area contributed by atoms with Gasteiger partial charge in [-0.25, -0.2) is 4.98 Å². The van der Waals surface area contributed by atoms with Crippen LogP contribution in [0.5, 0.6) is 5.75 Å². The molecule has 0 spiro atoms. The van der Waals surface area contributed by atoms with Crippen molar-refractivity contribution >= 4 is 32.4 Å². The fourth-order valence-corrected chi connectivity index (χ4v) is 2.95. The molecule has 0 saturated heterocycles. The molecule has 1 heterocycles. The van der Waals surface area contributed by atoms with Crippen LogP contribution in [0.15, 0.2) is 42.5 Å². The fraction of sp³-hybridized carbons (Fsp3) is 0.133. The second kappa shape index (κ2) is 5.65. The van der Waals surface area contributed by atoms with E-state index in [1.54, 1.807) is 18.2 Å². The van der Waals surface area contributed by atoms with Crippen molar-refractivity contribution in [3.63, 3.8) is 0 Å². The molecule has 1 aromatic heterocycles. The molecule has 6 heteroatoms. The Labute approximate surface area is 124 Å². The first-order valence-corrected chi connectivity index (χ1v) is 7.11. The topological polar surface area (TPSA) is 34.2 Å². The van der Waals surface area contributed by atoms with Crippen LogP contribution in [0.1, 0.15) is 5.56 Å². The summed E-state index contributed by atoms with van der Waals surface area (Å²) in [6.45, 7) is -0.844. The van der Waals surface area contributed by atoms with E-state index >= 15 is 0 Å². The maximum atomic E-state index is 12.4. The Morgan fingerprint density at radius 1 is 1.19 bits per heavy atom. The summed E-state index contributed by atoms with van der Waals surface area (Å²) >= 11 is 1.47. The van der Waals surface area contributed by atoms with E-state index in [1.165, 1.54) is 17.4 Å². The number of nitrogens with one attached hydrogen (secondary N) is 1. The molecule has 0 unspecified atom stereocenters. The summed E-state index contributed by atoms with van der Waals surface area (Å²) < 4.78 is 30.3. The highest BCUT2D eigenvalue weighted by atomic mass is 32.1. The van der Waals surface area contributed by atoms with Gasteiger partial charge >= 0.3 is 6.61 Å². The van der Waals surface area contributed by atoms with Gasteiger partial charge in [0.15, 0.2) is 5.13 Å². The zero-order valence-corrected chi connectivity index (χ0v) is 12.0. The summed E-state index contributed by atoms with van der Waals surface area (Å²) in [4.78, 5) is 4.43. The predicted molar refractivity (Wildman–Crippen MR) is 80.7 cm³/mol. The molecule has 108 valence electrons. The van der Waals surface area contributed by atoms with E-state index in [2.05, 4.69) is 15.0 Å². The Morgan fingerprint density at radius 2 is 2.00 bits per heavy atom. The zero-order valence-electron chi connectivity index (χ0n) is 11.1. The predicted octanol–water partition coefficient (Wildman–Crippen LogP) is 4.95. The molecule has 0 amide bonds. The van der Waals surface area contributed by atoms with Gasteiger partial charge in [-0.2, -0.15) is 8.78 Å². The molecule has 3 rings (SSSR count). The van der Waals surface area contributed by atoms with Crippen molar-refractivity contribution in [2.24, 2.45) is 0 Å². The van der Waals surface area contributed by atoms with Crippen LogP contribution in [-0.2, 0) is 0 Å². The molecular formula is C15H12F2N2OS. The van der Waals surface area contributed by atoms with E-state index < -0.39 is 6.61 Å². The van der Waals surface area contributed by atoms with E-state index in [1.807, 2.05) is 25.1 Å². The number of aryl methyl sites for hydroxylation is 1. The van der Waals surface area contributed by atoms with Crippen LogP contribution in [0, 0.1) is 6.92 Å². The Balaban J connectivity index is 1.91. The van der Waals surface area contributed by atoms with E-state index in [0.717, 1.165) is 15.8 Å². The third-order valence-corrected chi connectivity index (χ3v) is 3.82. The van der Waals surface area contributed by atoms with Crippen LogP contribution in [0.25, 0.3) is 10.2 Å². The average Bonchev–Trinajstić information content (AvgIpc) is 2.82. The first-order chi connectivity index (χ1) is 10.1. The molecule has 21 heavy (non-hydrogen) atoms. The number of fused-ring (bicyclic) bond motifs is 1. The van der Waals surface area contributed by atoms with Gasteiger partial charge in [0, 0.05) is 0 Å². The highest BCUT2D eigenvalue weighted by Gasteiger charge is 2.11. The lowest BCUT2D eigenvalue weighted by Crippen LogP contribution is -2.04. The lowest BCUT2D eigenvalue weighted by molar-refractivity contribution is -0.0493. The molecular weight excluding hydrogens is 294 g/mol. The smallest absolute Gasteiger partial charge is 0.387 e. The normalized spacial score (nSPS) is 11.0. The Kier molecular flexibility index (Phi) is 3.70. The van der Waals surface area contributed by atoms with Crippen molar-refractivity contribution in [2.45, 2.75) is 13.5 Å². The summed E-state index contributed by atoms with van der Waals surface area (Å²) in [6.07, 6.45) is 0. The summed E-state index contributed by atoms with van der Waals surface area (Å²) in [5.74, 6) is 0.0999. The number of hydrogen-bond donors (Lipinski definition) is 1. The quantitative estimate of drug-likeness (QED) is 0.740. The molecule has 0 saturated carbocycles. The van der Waals surface area contributed by atoms with Crippen molar-refractivity contribution in [1.82, 2.24) is 4.98 Å². The number of alkyl halides is 2. The van der Waals surface area contributed by atoms with Crippen molar-refractivity contribution < 1.29 is 13.5 Å². The number of nitrogens with zero attached hydrogens (tertiary/aromatic N) is 1. The number of thiazole rings is 1. The number of anilines is 2. The van der Waals surface area contributed by atoms with Gasteiger partial charge in [-0.3, -0.25) is 0 Å². The van der Waals surface area contributed by atoms with Gasteiger partial charge < -0.3 is 10.1 Å². The van der Waals surface area contributed by atoms with Gasteiger partial charge in [-0.15, -0.1) is 0 Å². The molecule has 0 atom stereocenters. The molecule has 3 nitrogen and oxygen atoms in total. The Bertz CT molecular complexity index is 773. The third-order valence-electron chi connectivity index (χ3n) is 2.89. The van der Waals surface area contributed by atoms with Crippen LogP contribution in [-0.4, -0.2) is 11.6 Å². The average molecular weight is 306 g/mol. The number of hydrogen-bond acceptors (Lipinski definition) is 4. The van der Waals surface area contributed by atoms with Crippen LogP contribution >= 0.6 is 11.3 Å². The second-order valence-electron chi connectivity index (χ2n) is 4.49. The number of halogens is 2. The largest absolute Gasteiger partial charge is 0.433 e. The minimum atomic E-state index is -2.86. The molecule has 0 aliphatic rings. The monoisotopic (exact) mass is 306 g/mol. The van der Waals surface area contributed by atoms with Gasteiger partial charge in [0.25, 0.3) is 0 Å². The highest BCUT2D eigenvalue weighted by molar-refractivity contribution is 7.22. The van der Waals surface area contributed by atoms with E-state index in [-0.39, 0.29) is 5.75 Å². The fourth-order valence-electron chi connectivity index (χ4n) is 1.97. The molecule has 0 radical (unpaired) electrons. The van der Waals surface area contributed by atoms with Gasteiger partial charge in [-0.1, -0.05) is 29.5 Å². The Hall–Kier alpha value is -2.21. The number of aromatic nitrogens is 1. The summed E-state index contributed by atoms with van der Waals surface area (Å²) in [6, 6.07) is 12.5. The molecule has 2 aromatic carbocycles. The van der Waals surface area contributed by atoms with Gasteiger partial charge in [0.05, 0.1) is 15.9 Å². The lowest BCUT2D eigenvalue weighted by atomic mass is 10.2. The minimum absolute atomic E-state index is 0.0999. The summed E-state index contributed by atoms with van der Waals surface area (Å²) in [5.41, 5.74) is 2.49. The maximum absolute atomic E-state index is 12.4. The van der Waals surface area contributed by atoms with Crippen molar-refractivity contribution in [1.29, 1.82) is 0 Å². The van der Waals surface area contributed by atoms with Crippen LogP contribution < -0.4 is 10.1 Å². The standard InChI is InChI=1S/C15H12F2N2OS/c1-9-6-7-11-13(8-9)21-15(19-11)18-10-4-2-3-5-12(10)20-14(16)17/h2-8,14H,1H3,(H,18,19). The molecule has 0 aliphatic carbocycles. The van der Waals surface area contributed by atoms with Gasteiger partial charge in [0.2, 0.25) is 0 Å². The van der Waals surface area contributed by atoms with E-state index in [4.69, 9.17) is 0 Å². The lowest BCUT2D eigenvalue weighted by Gasteiger charge is -2.10. The third kappa shape index (κ3) is 3.11. The van der Waals surface area contributed by atoms with Crippen molar-refractivity contribution in [2.75, 3.05) is 5.32 Å². The molecule has 0 aliphatic heterocycles. The number of benzene rings is 2. The maximum Gasteiger partial charge on any atom is 0.387 e. The van der Waals surface area contributed by atoms with Crippen LogP contribution in [0.2, 0.25) is 0 Å². The molecule has 0 bridgehead atoms. The first kappa shape index (κ1) is 13.8. The first-order valence-electron chi connectivity index (χ1n) is 6.30. The Morgan fingerprint density at radius 3 is 2.81 bits per heavy atom. The summed E-state index contributed by atoms with van der Waals surface area (Å²) in [7, 11) is 0. The van der Waals surface area contributed by atoms with Crippen LogP contribution in [0.4, 0.5) is 19.6 Å². The zero-order chi connectivity index (χ0) is 14.8. The van der Waals surface area contributed by atoms with Crippen molar-refractivity contribution in [3.05, 3.63) is 48.0 Å². The molecule has 3 aromatic rings. The van der Waals surface area contributed by atoms with Gasteiger partial charge in [0.1, 0.15) is 5.75 Å². The van der Waals surface area contributed by atoms with E-state index in [0.29, 0.717) is 10.8 Å². The SMILES string of the molecule is Cc1ccc2nc(Nc3ccccc3OC(F)F)sc2c1. The number of ether oxygens (including phenoxy) is 1. The highest BCUT2D eigenvalue weighted by Crippen LogP contribution is 2.33. The number of rotatable bonds is 4.